The Labute approximate surface area is 149 Å². The summed E-state index contributed by atoms with van der Waals surface area (Å²) in [5.74, 6) is 0.626. The number of likely N-dealkylation sites (tertiary alicyclic amines) is 1. The summed E-state index contributed by atoms with van der Waals surface area (Å²) < 4.78 is 48.2. The fourth-order valence-corrected chi connectivity index (χ4v) is 4.12. The summed E-state index contributed by atoms with van der Waals surface area (Å²) >= 11 is 0. The van der Waals surface area contributed by atoms with Gasteiger partial charge in [0.15, 0.2) is 5.82 Å². The Hall–Kier alpha value is -1.93. The monoisotopic (exact) mass is 367 g/mol. The third-order valence-electron chi connectivity index (χ3n) is 5.21. The number of fused-ring (bicyclic) bond motifs is 1. The van der Waals surface area contributed by atoms with Gasteiger partial charge in [-0.3, -0.25) is 4.90 Å². The molecule has 2 fully saturated rings. The smallest absolute Gasteiger partial charge is 0.381 e. The summed E-state index contributed by atoms with van der Waals surface area (Å²) in [7, 11) is 0. The van der Waals surface area contributed by atoms with Gasteiger partial charge in [-0.25, -0.2) is 0 Å². The first kappa shape index (κ1) is 17.5. The van der Waals surface area contributed by atoms with E-state index >= 15 is 0 Å². The highest BCUT2D eigenvalue weighted by molar-refractivity contribution is 5.23. The Bertz CT molecular complexity index is 735. The zero-order valence-corrected chi connectivity index (χ0v) is 14.2. The van der Waals surface area contributed by atoms with Crippen molar-refractivity contribution >= 4 is 0 Å². The van der Waals surface area contributed by atoms with Crippen molar-refractivity contribution in [1.29, 1.82) is 0 Å². The maximum absolute atomic E-state index is 12.5. The van der Waals surface area contributed by atoms with Gasteiger partial charge >= 0.3 is 6.18 Å². The summed E-state index contributed by atoms with van der Waals surface area (Å²) in [6.45, 7) is 2.57. The quantitative estimate of drug-likeness (QED) is 0.831. The molecule has 0 bridgehead atoms. The third kappa shape index (κ3) is 3.76. The maximum Gasteiger partial charge on any atom is 0.396 e. The molecule has 4 rings (SSSR count). The molecule has 8 heteroatoms. The highest BCUT2D eigenvalue weighted by atomic mass is 19.4. The van der Waals surface area contributed by atoms with E-state index in [0.29, 0.717) is 37.6 Å². The topological polar surface area (TPSA) is 51.4 Å². The Morgan fingerprint density at radius 1 is 1.19 bits per heavy atom. The van der Waals surface area contributed by atoms with Gasteiger partial charge in [-0.15, -0.1) is 0 Å². The second-order valence-electron chi connectivity index (χ2n) is 6.94. The van der Waals surface area contributed by atoms with Crippen molar-refractivity contribution in [2.24, 2.45) is 5.92 Å². The predicted molar refractivity (Wildman–Crippen MR) is 86.4 cm³/mol. The number of rotatable bonds is 4. The van der Waals surface area contributed by atoms with Crippen LogP contribution in [-0.2, 0) is 17.7 Å². The van der Waals surface area contributed by atoms with Gasteiger partial charge in [0.05, 0.1) is 13.2 Å². The lowest BCUT2D eigenvalue weighted by Gasteiger charge is -2.32. The van der Waals surface area contributed by atoms with Crippen molar-refractivity contribution in [3.05, 3.63) is 47.6 Å². The van der Waals surface area contributed by atoms with Crippen LogP contribution in [0.15, 0.2) is 34.9 Å². The SMILES string of the molecule is FC(F)(F)Cc1noc(CN2CC(c3ccccc3)C3COCCC32)n1. The van der Waals surface area contributed by atoms with Crippen LogP contribution in [0.5, 0.6) is 0 Å². The van der Waals surface area contributed by atoms with E-state index in [0.717, 1.165) is 13.0 Å². The molecule has 0 aliphatic carbocycles. The molecule has 1 aromatic carbocycles. The molecule has 0 saturated carbocycles. The van der Waals surface area contributed by atoms with Crippen molar-refractivity contribution in [1.82, 2.24) is 15.0 Å². The number of halogens is 3. The molecular weight excluding hydrogens is 347 g/mol. The first-order valence-corrected chi connectivity index (χ1v) is 8.74. The molecule has 3 unspecified atom stereocenters. The number of nitrogens with zero attached hydrogens (tertiary/aromatic N) is 3. The van der Waals surface area contributed by atoms with Crippen LogP contribution in [0.25, 0.3) is 0 Å². The fraction of sp³-hybridized carbons (Fsp3) is 0.556. The van der Waals surface area contributed by atoms with Gasteiger partial charge in [-0.1, -0.05) is 35.5 Å². The van der Waals surface area contributed by atoms with Crippen LogP contribution in [0.2, 0.25) is 0 Å². The maximum atomic E-state index is 12.5. The van der Waals surface area contributed by atoms with Gasteiger partial charge in [0.2, 0.25) is 5.89 Å². The van der Waals surface area contributed by atoms with Crippen molar-refractivity contribution in [3.8, 4) is 0 Å². The first-order chi connectivity index (χ1) is 12.5. The second-order valence-corrected chi connectivity index (χ2v) is 6.94. The summed E-state index contributed by atoms with van der Waals surface area (Å²) in [4.78, 5) is 6.17. The van der Waals surface area contributed by atoms with Crippen molar-refractivity contribution in [2.45, 2.75) is 37.5 Å². The zero-order valence-electron chi connectivity index (χ0n) is 14.2. The minimum atomic E-state index is -4.33. The van der Waals surface area contributed by atoms with Crippen LogP contribution in [-0.4, -0.2) is 47.0 Å². The summed E-state index contributed by atoms with van der Waals surface area (Å²) in [5, 5.41) is 3.47. The molecule has 3 heterocycles. The number of aromatic nitrogens is 2. The van der Waals surface area contributed by atoms with Crippen LogP contribution >= 0.6 is 0 Å². The number of benzene rings is 1. The fourth-order valence-electron chi connectivity index (χ4n) is 4.12. The Kier molecular flexibility index (Phi) is 4.71. The molecule has 0 radical (unpaired) electrons. The van der Waals surface area contributed by atoms with E-state index in [4.69, 9.17) is 9.26 Å². The summed E-state index contributed by atoms with van der Waals surface area (Å²) in [6.07, 6.45) is -4.60. The van der Waals surface area contributed by atoms with Gasteiger partial charge in [0.1, 0.15) is 6.42 Å². The average Bonchev–Trinajstić information content (AvgIpc) is 3.19. The van der Waals surface area contributed by atoms with Crippen LogP contribution in [0.3, 0.4) is 0 Å². The van der Waals surface area contributed by atoms with Gasteiger partial charge in [-0.05, 0) is 12.0 Å². The van der Waals surface area contributed by atoms with E-state index in [-0.39, 0.29) is 11.7 Å². The van der Waals surface area contributed by atoms with Crippen molar-refractivity contribution in [3.63, 3.8) is 0 Å². The van der Waals surface area contributed by atoms with Gasteiger partial charge in [0.25, 0.3) is 0 Å². The zero-order chi connectivity index (χ0) is 18.1. The standard InChI is InChI=1S/C18H20F3N3O2/c19-18(20,21)8-16-22-17(26-23-16)10-24-9-13(12-4-2-1-3-5-12)14-11-25-7-6-15(14)24/h1-5,13-15H,6-11H2. The Balaban J connectivity index is 1.49. The van der Waals surface area contributed by atoms with Gasteiger partial charge in [0, 0.05) is 31.0 Å². The molecule has 2 saturated heterocycles. The molecule has 2 aromatic rings. The predicted octanol–water partition coefficient (Wildman–Crippen LogP) is 3.18. The van der Waals surface area contributed by atoms with Crippen LogP contribution in [0.4, 0.5) is 13.2 Å². The summed E-state index contributed by atoms with van der Waals surface area (Å²) in [5.41, 5.74) is 1.26. The van der Waals surface area contributed by atoms with Gasteiger partial charge < -0.3 is 9.26 Å². The molecule has 26 heavy (non-hydrogen) atoms. The summed E-state index contributed by atoms with van der Waals surface area (Å²) in [6, 6.07) is 10.6. The highest BCUT2D eigenvalue weighted by Gasteiger charge is 2.44. The molecule has 0 spiro atoms. The van der Waals surface area contributed by atoms with Crippen LogP contribution in [0, 0.1) is 5.92 Å². The molecule has 5 nitrogen and oxygen atoms in total. The largest absolute Gasteiger partial charge is 0.396 e. The average molecular weight is 367 g/mol. The lowest BCUT2D eigenvalue weighted by atomic mass is 9.84. The van der Waals surface area contributed by atoms with E-state index in [1.807, 2.05) is 18.2 Å². The number of alkyl halides is 3. The lowest BCUT2D eigenvalue weighted by molar-refractivity contribution is -0.128. The van der Waals surface area contributed by atoms with Crippen LogP contribution < -0.4 is 0 Å². The van der Waals surface area contributed by atoms with Crippen molar-refractivity contribution in [2.75, 3.05) is 19.8 Å². The Morgan fingerprint density at radius 3 is 2.77 bits per heavy atom. The second kappa shape index (κ2) is 7.00. The van der Waals surface area contributed by atoms with Crippen LogP contribution in [0.1, 0.15) is 29.6 Å². The molecule has 2 aliphatic heterocycles. The normalized spacial score (nSPS) is 26.8. The minimum absolute atomic E-state index is 0.239. The minimum Gasteiger partial charge on any atom is -0.381 e. The van der Waals surface area contributed by atoms with Gasteiger partial charge in [-0.2, -0.15) is 18.2 Å². The van der Waals surface area contributed by atoms with E-state index < -0.39 is 12.6 Å². The molecule has 140 valence electrons. The third-order valence-corrected chi connectivity index (χ3v) is 5.21. The van der Waals surface area contributed by atoms with E-state index in [1.165, 1.54) is 5.56 Å². The molecular formula is C18H20F3N3O2. The number of hydrogen-bond donors (Lipinski definition) is 0. The highest BCUT2D eigenvalue weighted by Crippen LogP contribution is 2.41. The van der Waals surface area contributed by atoms with Crippen molar-refractivity contribution < 1.29 is 22.4 Å². The number of ether oxygens (including phenoxy) is 1. The molecule has 1 aromatic heterocycles. The van der Waals surface area contributed by atoms with E-state index in [9.17, 15) is 13.2 Å². The Morgan fingerprint density at radius 2 is 2.00 bits per heavy atom. The van der Waals surface area contributed by atoms with E-state index in [2.05, 4.69) is 27.2 Å². The van der Waals surface area contributed by atoms with E-state index in [1.54, 1.807) is 0 Å². The molecule has 3 atom stereocenters. The first-order valence-electron chi connectivity index (χ1n) is 8.74. The number of hydrogen-bond acceptors (Lipinski definition) is 5. The lowest BCUT2D eigenvalue weighted by Crippen LogP contribution is -2.38. The molecule has 0 amide bonds. The molecule has 2 aliphatic rings. The molecule has 0 N–H and O–H groups in total.